The second-order valence-corrected chi connectivity index (χ2v) is 3.41. The highest BCUT2D eigenvalue weighted by Gasteiger charge is 2.19. The second-order valence-electron chi connectivity index (χ2n) is 3.41. The summed E-state index contributed by atoms with van der Waals surface area (Å²) in [5, 5.41) is 19.0. The number of nitro groups is 1. The van der Waals surface area contributed by atoms with Gasteiger partial charge in [0.25, 0.3) is 0 Å². The minimum absolute atomic E-state index is 0.337. The van der Waals surface area contributed by atoms with Crippen LogP contribution in [0.4, 0.5) is 5.69 Å². The fourth-order valence-electron chi connectivity index (χ4n) is 1.77. The van der Waals surface area contributed by atoms with Crippen molar-refractivity contribution in [3.05, 3.63) is 39.4 Å². The summed E-state index contributed by atoms with van der Waals surface area (Å²) in [6.45, 7) is 0. The van der Waals surface area contributed by atoms with Crippen molar-refractivity contribution in [1.82, 2.24) is 0 Å². The lowest BCUT2D eigenvalue weighted by Crippen LogP contribution is -2.07. The predicted octanol–water partition coefficient (Wildman–Crippen LogP) is 0.750. The van der Waals surface area contributed by atoms with Crippen LogP contribution in [0.25, 0.3) is 0 Å². The molecule has 0 saturated heterocycles. The summed E-state index contributed by atoms with van der Waals surface area (Å²) < 4.78 is 0. The Morgan fingerprint density at radius 1 is 1.43 bits per heavy atom. The van der Waals surface area contributed by atoms with Crippen molar-refractivity contribution < 1.29 is 10.1 Å². The largest absolute Gasteiger partial charge is 0.392 e. The van der Waals surface area contributed by atoms with Crippen LogP contribution >= 0.6 is 0 Å². The molecule has 5 nitrogen and oxygen atoms in total. The smallest absolute Gasteiger partial charge is 0.162 e. The number of fused-ring (bicyclic) bond motifs is 1. The van der Waals surface area contributed by atoms with Gasteiger partial charge in [-0.1, -0.05) is 6.07 Å². The molecule has 0 bridgehead atoms. The van der Waals surface area contributed by atoms with E-state index < -0.39 is 5.03 Å². The second kappa shape index (κ2) is 3.26. The quantitative estimate of drug-likeness (QED) is 0.538. The number of hydrazine groups is 1. The summed E-state index contributed by atoms with van der Waals surface area (Å²) in [6.07, 6.45) is 0.896. The lowest BCUT2D eigenvalue weighted by Gasteiger charge is -2.00. The first-order valence-corrected chi connectivity index (χ1v) is 4.36. The summed E-state index contributed by atoms with van der Waals surface area (Å²) in [5.41, 5.74) is 4.62. The molecule has 1 aromatic carbocycles. The van der Waals surface area contributed by atoms with Gasteiger partial charge >= 0.3 is 0 Å². The van der Waals surface area contributed by atoms with Crippen molar-refractivity contribution in [3.63, 3.8) is 0 Å². The Morgan fingerprint density at radius 2 is 2.14 bits per heavy atom. The topological polar surface area (TPSA) is 75.4 Å². The fraction of sp³-hybridized carbons (Fsp3) is 0.333. The van der Waals surface area contributed by atoms with E-state index >= 15 is 0 Å². The summed E-state index contributed by atoms with van der Waals surface area (Å²) in [5.74, 6) is 0. The number of anilines is 1. The van der Waals surface area contributed by atoms with Crippen molar-refractivity contribution in [2.75, 3.05) is 5.43 Å². The zero-order valence-electron chi connectivity index (χ0n) is 7.43. The standard InChI is InChI=1S/C9H10N2O3/c12-9-4-6-1-2-8(10-11(13)14)3-7(6)5-9/h1-3,9-10,12H,4-5H2. The summed E-state index contributed by atoms with van der Waals surface area (Å²) in [6, 6.07) is 5.19. The number of aliphatic hydroxyl groups is 1. The minimum Gasteiger partial charge on any atom is -0.392 e. The van der Waals surface area contributed by atoms with Crippen molar-refractivity contribution in [1.29, 1.82) is 0 Å². The first-order chi connectivity index (χ1) is 6.65. The maximum Gasteiger partial charge on any atom is 0.162 e. The van der Waals surface area contributed by atoms with E-state index in [1.807, 2.05) is 6.07 Å². The van der Waals surface area contributed by atoms with Crippen LogP contribution in [-0.2, 0) is 12.8 Å². The zero-order valence-corrected chi connectivity index (χ0v) is 7.43. The van der Waals surface area contributed by atoms with E-state index in [4.69, 9.17) is 0 Å². The van der Waals surface area contributed by atoms with Gasteiger partial charge in [-0.15, -0.1) is 5.43 Å². The van der Waals surface area contributed by atoms with Crippen molar-refractivity contribution in [2.45, 2.75) is 18.9 Å². The lowest BCUT2D eigenvalue weighted by molar-refractivity contribution is -0.445. The van der Waals surface area contributed by atoms with Crippen LogP contribution < -0.4 is 5.43 Å². The van der Waals surface area contributed by atoms with E-state index in [9.17, 15) is 15.2 Å². The number of aliphatic hydroxyl groups excluding tert-OH is 1. The molecule has 0 aliphatic heterocycles. The molecule has 1 aliphatic carbocycles. The molecule has 14 heavy (non-hydrogen) atoms. The molecule has 1 aliphatic rings. The zero-order chi connectivity index (χ0) is 10.1. The van der Waals surface area contributed by atoms with Gasteiger partial charge in [-0.05, 0) is 36.1 Å². The molecule has 0 radical (unpaired) electrons. The molecule has 0 amide bonds. The molecule has 0 spiro atoms. The molecule has 74 valence electrons. The van der Waals surface area contributed by atoms with E-state index in [1.54, 1.807) is 12.1 Å². The van der Waals surface area contributed by atoms with Crippen molar-refractivity contribution in [3.8, 4) is 0 Å². The third-order valence-corrected chi connectivity index (χ3v) is 2.34. The Hall–Kier alpha value is -1.62. The average Bonchev–Trinajstić information content (AvgIpc) is 2.42. The van der Waals surface area contributed by atoms with Gasteiger partial charge in [0.15, 0.2) is 5.03 Å². The lowest BCUT2D eigenvalue weighted by atomic mass is 10.1. The van der Waals surface area contributed by atoms with Gasteiger partial charge in [-0.3, -0.25) is 0 Å². The maximum atomic E-state index is 10.2. The number of nitrogens with one attached hydrogen (secondary N) is 1. The van der Waals surface area contributed by atoms with Crippen LogP contribution in [0, 0.1) is 10.1 Å². The molecule has 0 heterocycles. The normalized spacial score (nSPS) is 19.1. The van der Waals surface area contributed by atoms with E-state index in [2.05, 4.69) is 5.43 Å². The third-order valence-electron chi connectivity index (χ3n) is 2.34. The maximum absolute atomic E-state index is 10.2. The summed E-state index contributed by atoms with van der Waals surface area (Å²) in [4.78, 5) is 10.2. The molecular weight excluding hydrogens is 184 g/mol. The number of benzene rings is 1. The van der Waals surface area contributed by atoms with Crippen LogP contribution in [0.2, 0.25) is 0 Å². The molecular formula is C9H10N2O3. The molecule has 1 atom stereocenters. The SMILES string of the molecule is O=[N+]([O-])Nc1ccc2c(c1)CC(O)C2. The highest BCUT2D eigenvalue weighted by atomic mass is 16.7. The molecule has 0 fully saturated rings. The minimum atomic E-state index is -0.590. The molecule has 1 unspecified atom stereocenters. The van der Waals surface area contributed by atoms with Crippen LogP contribution in [0.15, 0.2) is 18.2 Å². The highest BCUT2D eigenvalue weighted by molar-refractivity contribution is 5.49. The van der Waals surface area contributed by atoms with E-state index in [1.165, 1.54) is 0 Å². The Labute approximate surface area is 80.5 Å². The van der Waals surface area contributed by atoms with Crippen LogP contribution in [0.5, 0.6) is 0 Å². The van der Waals surface area contributed by atoms with Crippen LogP contribution in [0.3, 0.4) is 0 Å². The number of hydrogen-bond acceptors (Lipinski definition) is 3. The molecule has 0 aromatic heterocycles. The fourth-order valence-corrected chi connectivity index (χ4v) is 1.77. The molecule has 2 N–H and O–H groups in total. The van der Waals surface area contributed by atoms with Crippen LogP contribution in [-0.4, -0.2) is 16.2 Å². The van der Waals surface area contributed by atoms with Crippen LogP contribution in [0.1, 0.15) is 11.1 Å². The summed E-state index contributed by atoms with van der Waals surface area (Å²) in [7, 11) is 0. The molecule has 1 aromatic rings. The van der Waals surface area contributed by atoms with E-state index in [0.29, 0.717) is 18.5 Å². The van der Waals surface area contributed by atoms with E-state index in [0.717, 1.165) is 11.1 Å². The van der Waals surface area contributed by atoms with Crippen molar-refractivity contribution >= 4 is 5.69 Å². The Kier molecular flexibility index (Phi) is 2.09. The van der Waals surface area contributed by atoms with Gasteiger partial charge in [-0.2, -0.15) is 0 Å². The average molecular weight is 194 g/mol. The first kappa shape index (κ1) is 8.96. The highest BCUT2D eigenvalue weighted by Crippen LogP contribution is 2.25. The van der Waals surface area contributed by atoms with E-state index in [-0.39, 0.29) is 6.10 Å². The Balaban J connectivity index is 2.24. The number of rotatable bonds is 2. The van der Waals surface area contributed by atoms with Crippen molar-refractivity contribution in [2.24, 2.45) is 0 Å². The van der Waals surface area contributed by atoms with Gasteiger partial charge in [0, 0.05) is 0 Å². The molecule has 2 rings (SSSR count). The van der Waals surface area contributed by atoms with Gasteiger partial charge < -0.3 is 5.11 Å². The van der Waals surface area contributed by atoms with Gasteiger partial charge in [0.05, 0.1) is 6.10 Å². The summed E-state index contributed by atoms with van der Waals surface area (Å²) >= 11 is 0. The number of nitrogens with zero attached hydrogens (tertiary/aromatic N) is 1. The number of hydrogen-bond donors (Lipinski definition) is 2. The third kappa shape index (κ3) is 1.67. The Morgan fingerprint density at radius 3 is 2.86 bits per heavy atom. The predicted molar refractivity (Wildman–Crippen MR) is 50.5 cm³/mol. The monoisotopic (exact) mass is 194 g/mol. The Bertz CT molecular complexity index is 378. The molecule has 0 saturated carbocycles. The molecule has 5 heteroatoms. The van der Waals surface area contributed by atoms with Gasteiger partial charge in [0.1, 0.15) is 5.69 Å². The van der Waals surface area contributed by atoms with Gasteiger partial charge in [-0.25, -0.2) is 10.1 Å². The first-order valence-electron chi connectivity index (χ1n) is 4.36. The van der Waals surface area contributed by atoms with Gasteiger partial charge in [0.2, 0.25) is 0 Å².